The lowest BCUT2D eigenvalue weighted by atomic mass is 10.1. The van der Waals surface area contributed by atoms with Crippen LogP contribution in [0, 0.1) is 6.92 Å². The maximum Gasteiger partial charge on any atom is 0.221 e. The molecular weight excluding hydrogens is 252 g/mol. The Balaban J connectivity index is 2.06. The van der Waals surface area contributed by atoms with Gasteiger partial charge in [-0.25, -0.2) is 0 Å². The first kappa shape index (κ1) is 14.2. The second kappa shape index (κ2) is 6.28. The molecule has 4 nitrogen and oxygen atoms in total. The van der Waals surface area contributed by atoms with Crippen LogP contribution < -0.4 is 10.6 Å². The number of benzene rings is 1. The van der Waals surface area contributed by atoms with Crippen LogP contribution in [0.2, 0.25) is 0 Å². The van der Waals surface area contributed by atoms with Crippen LogP contribution in [0.4, 0.5) is 11.4 Å². The maximum atomic E-state index is 11.1. The summed E-state index contributed by atoms with van der Waals surface area (Å²) in [5, 5.41) is 6.12. The summed E-state index contributed by atoms with van der Waals surface area (Å²) in [7, 11) is 0. The molecule has 1 amide bonds. The number of hydrogen-bond donors (Lipinski definition) is 2. The molecule has 4 heteroatoms. The molecule has 2 rings (SSSR count). The molecule has 0 bridgehead atoms. The van der Waals surface area contributed by atoms with E-state index in [2.05, 4.69) is 17.6 Å². The second-order valence-electron chi connectivity index (χ2n) is 4.79. The van der Waals surface area contributed by atoms with Crippen molar-refractivity contribution in [1.82, 2.24) is 0 Å². The van der Waals surface area contributed by atoms with Crippen LogP contribution in [0.5, 0.6) is 0 Å². The van der Waals surface area contributed by atoms with Gasteiger partial charge in [-0.2, -0.15) is 0 Å². The summed E-state index contributed by atoms with van der Waals surface area (Å²) in [5.41, 5.74) is 2.91. The van der Waals surface area contributed by atoms with Gasteiger partial charge in [-0.1, -0.05) is 13.0 Å². The number of carbonyl (C=O) groups excluding carboxylic acids is 1. The summed E-state index contributed by atoms with van der Waals surface area (Å²) in [6.07, 6.45) is 0.900. The molecule has 0 atom stereocenters. The topological polar surface area (TPSA) is 54.3 Å². The maximum absolute atomic E-state index is 11.1. The third-order valence-electron chi connectivity index (χ3n) is 3.08. The van der Waals surface area contributed by atoms with E-state index in [1.165, 1.54) is 6.92 Å². The standard InChI is InChI=1S/C16H20N2O2/c1-4-14-7-8-15(20-14)10-17-16-9-13(18-12(3)19)6-5-11(16)2/h5-9,17H,4,10H2,1-3H3,(H,18,19). The van der Waals surface area contributed by atoms with E-state index in [0.29, 0.717) is 6.54 Å². The number of carbonyl (C=O) groups is 1. The number of anilines is 2. The first-order valence-electron chi connectivity index (χ1n) is 6.78. The van der Waals surface area contributed by atoms with Crippen LogP contribution in [-0.4, -0.2) is 5.91 Å². The zero-order chi connectivity index (χ0) is 14.5. The molecule has 106 valence electrons. The van der Waals surface area contributed by atoms with Crippen molar-refractivity contribution in [2.24, 2.45) is 0 Å². The fraction of sp³-hybridized carbons (Fsp3) is 0.312. The Bertz CT molecular complexity index is 602. The van der Waals surface area contributed by atoms with E-state index in [0.717, 1.165) is 34.9 Å². The van der Waals surface area contributed by atoms with Crippen LogP contribution in [0.15, 0.2) is 34.7 Å². The van der Waals surface area contributed by atoms with Gasteiger partial charge in [-0.15, -0.1) is 0 Å². The number of aryl methyl sites for hydroxylation is 2. The van der Waals surface area contributed by atoms with E-state index >= 15 is 0 Å². The number of nitrogens with one attached hydrogen (secondary N) is 2. The van der Waals surface area contributed by atoms with Gasteiger partial charge in [0.25, 0.3) is 0 Å². The highest BCUT2D eigenvalue weighted by molar-refractivity contribution is 5.89. The number of amides is 1. The van der Waals surface area contributed by atoms with Crippen molar-refractivity contribution in [3.63, 3.8) is 0 Å². The molecule has 0 saturated heterocycles. The minimum atomic E-state index is -0.0709. The van der Waals surface area contributed by atoms with Crippen molar-refractivity contribution < 1.29 is 9.21 Å². The molecule has 20 heavy (non-hydrogen) atoms. The monoisotopic (exact) mass is 272 g/mol. The first-order chi connectivity index (χ1) is 9.58. The number of furan rings is 1. The Hall–Kier alpha value is -2.23. The Morgan fingerprint density at radius 1 is 1.20 bits per heavy atom. The minimum Gasteiger partial charge on any atom is -0.464 e. The molecule has 0 unspecified atom stereocenters. The Kier molecular flexibility index (Phi) is 4.45. The van der Waals surface area contributed by atoms with Crippen LogP contribution >= 0.6 is 0 Å². The van der Waals surface area contributed by atoms with Gasteiger partial charge >= 0.3 is 0 Å². The smallest absolute Gasteiger partial charge is 0.221 e. The van der Waals surface area contributed by atoms with Crippen molar-refractivity contribution >= 4 is 17.3 Å². The summed E-state index contributed by atoms with van der Waals surface area (Å²) in [6.45, 7) is 6.23. The van der Waals surface area contributed by atoms with Gasteiger partial charge in [0.2, 0.25) is 5.91 Å². The molecule has 0 fully saturated rings. The van der Waals surface area contributed by atoms with Gasteiger partial charge in [-0.05, 0) is 36.8 Å². The molecule has 0 spiro atoms. The average molecular weight is 272 g/mol. The minimum absolute atomic E-state index is 0.0709. The SMILES string of the molecule is CCc1ccc(CNc2cc(NC(C)=O)ccc2C)o1. The van der Waals surface area contributed by atoms with Gasteiger partial charge < -0.3 is 15.1 Å². The quantitative estimate of drug-likeness (QED) is 0.872. The summed E-state index contributed by atoms with van der Waals surface area (Å²) < 4.78 is 5.66. The molecule has 0 saturated carbocycles. The molecule has 2 aromatic rings. The number of rotatable bonds is 5. The van der Waals surface area contributed by atoms with Crippen molar-refractivity contribution in [2.45, 2.75) is 33.7 Å². The summed E-state index contributed by atoms with van der Waals surface area (Å²) in [4.78, 5) is 11.1. The molecule has 0 aliphatic carbocycles. The second-order valence-corrected chi connectivity index (χ2v) is 4.79. The molecular formula is C16H20N2O2. The summed E-state index contributed by atoms with van der Waals surface area (Å²) >= 11 is 0. The molecule has 0 radical (unpaired) electrons. The highest BCUT2D eigenvalue weighted by atomic mass is 16.3. The number of hydrogen-bond acceptors (Lipinski definition) is 3. The van der Waals surface area contributed by atoms with Gasteiger partial charge in [0, 0.05) is 24.7 Å². The summed E-state index contributed by atoms with van der Waals surface area (Å²) in [5.74, 6) is 1.83. The molecule has 2 N–H and O–H groups in total. The van der Waals surface area contributed by atoms with E-state index in [4.69, 9.17) is 4.42 Å². The Morgan fingerprint density at radius 3 is 2.60 bits per heavy atom. The average Bonchev–Trinajstić information content (AvgIpc) is 2.87. The Morgan fingerprint density at radius 2 is 1.95 bits per heavy atom. The van der Waals surface area contributed by atoms with E-state index in [-0.39, 0.29) is 5.91 Å². The van der Waals surface area contributed by atoms with Crippen molar-refractivity contribution in [2.75, 3.05) is 10.6 Å². The highest BCUT2D eigenvalue weighted by Gasteiger charge is 2.04. The summed E-state index contributed by atoms with van der Waals surface area (Å²) in [6, 6.07) is 9.79. The van der Waals surface area contributed by atoms with E-state index in [9.17, 15) is 4.79 Å². The molecule has 0 aliphatic rings. The van der Waals surface area contributed by atoms with Crippen LogP contribution in [-0.2, 0) is 17.8 Å². The van der Waals surface area contributed by atoms with E-state index in [1.807, 2.05) is 37.3 Å². The van der Waals surface area contributed by atoms with Gasteiger partial charge in [0.15, 0.2) is 0 Å². The third-order valence-corrected chi connectivity index (χ3v) is 3.08. The van der Waals surface area contributed by atoms with Gasteiger partial charge in [-0.3, -0.25) is 4.79 Å². The largest absolute Gasteiger partial charge is 0.464 e. The molecule has 0 aliphatic heterocycles. The normalized spacial score (nSPS) is 10.3. The van der Waals surface area contributed by atoms with E-state index in [1.54, 1.807) is 0 Å². The van der Waals surface area contributed by atoms with Crippen molar-refractivity contribution in [1.29, 1.82) is 0 Å². The lowest BCUT2D eigenvalue weighted by Gasteiger charge is -2.11. The fourth-order valence-corrected chi connectivity index (χ4v) is 1.98. The van der Waals surface area contributed by atoms with E-state index < -0.39 is 0 Å². The van der Waals surface area contributed by atoms with Gasteiger partial charge in [0.05, 0.1) is 6.54 Å². The Labute approximate surface area is 119 Å². The zero-order valence-electron chi connectivity index (χ0n) is 12.1. The van der Waals surface area contributed by atoms with Crippen molar-refractivity contribution in [3.05, 3.63) is 47.4 Å². The lowest BCUT2D eigenvalue weighted by molar-refractivity contribution is -0.114. The third kappa shape index (κ3) is 3.63. The highest BCUT2D eigenvalue weighted by Crippen LogP contribution is 2.21. The fourth-order valence-electron chi connectivity index (χ4n) is 1.98. The zero-order valence-corrected chi connectivity index (χ0v) is 12.1. The first-order valence-corrected chi connectivity index (χ1v) is 6.78. The predicted octanol–water partition coefficient (Wildman–Crippen LogP) is 3.72. The molecule has 1 aromatic heterocycles. The predicted molar refractivity (Wildman–Crippen MR) is 80.9 cm³/mol. The van der Waals surface area contributed by atoms with Crippen LogP contribution in [0.3, 0.4) is 0 Å². The van der Waals surface area contributed by atoms with Crippen molar-refractivity contribution in [3.8, 4) is 0 Å². The van der Waals surface area contributed by atoms with Crippen LogP contribution in [0.1, 0.15) is 30.9 Å². The molecule has 1 heterocycles. The lowest BCUT2D eigenvalue weighted by Crippen LogP contribution is -2.07. The molecule has 1 aromatic carbocycles. The van der Waals surface area contributed by atoms with Crippen LogP contribution in [0.25, 0.3) is 0 Å². The van der Waals surface area contributed by atoms with Gasteiger partial charge in [0.1, 0.15) is 11.5 Å².